The molecule has 2 aromatic heterocycles. The highest BCUT2D eigenvalue weighted by Gasteiger charge is 2.69. The highest BCUT2D eigenvalue weighted by Crippen LogP contribution is 2.84. The van der Waals surface area contributed by atoms with Crippen molar-refractivity contribution in [3.8, 4) is 0 Å². The largest absolute Gasteiger partial charge is 0.367 e. The van der Waals surface area contributed by atoms with Gasteiger partial charge in [-0.1, -0.05) is 73.7 Å². The predicted octanol–water partition coefficient (Wildman–Crippen LogP) is 12.3. The van der Waals surface area contributed by atoms with Crippen LogP contribution < -0.4 is 0 Å². The quantitative estimate of drug-likeness (QED) is 0.233. The van der Waals surface area contributed by atoms with Crippen LogP contribution in [-0.4, -0.2) is 20.3 Å². The number of benzene rings is 1. The molecule has 0 amide bonds. The van der Waals surface area contributed by atoms with E-state index in [2.05, 4.69) is 122 Å². The van der Waals surface area contributed by atoms with Crippen LogP contribution in [-0.2, 0) is 11.3 Å². The first kappa shape index (κ1) is 32.5. The average Bonchev–Trinajstić information content (AvgIpc) is 3.73. The summed E-state index contributed by atoms with van der Waals surface area (Å²) in [6, 6.07) is 14.4. The fraction of sp³-hybridized carbons (Fsp3) is 0.682. The lowest BCUT2D eigenvalue weighted by atomic mass is 9.43. The summed E-state index contributed by atoms with van der Waals surface area (Å²) in [5, 5.41) is 0.798. The molecule has 1 aromatic carbocycles. The Balaban J connectivity index is 1.22. The van der Waals surface area contributed by atoms with E-state index in [0.717, 1.165) is 23.7 Å². The molecule has 258 valence electrons. The molecule has 0 aliphatic heterocycles. The maximum absolute atomic E-state index is 3.42. The van der Waals surface area contributed by atoms with E-state index in [1.54, 1.807) is 5.56 Å². The number of hydrogen-bond acceptors (Lipinski definition) is 0. The van der Waals surface area contributed by atoms with Gasteiger partial charge in [0, 0.05) is 24.8 Å². The van der Waals surface area contributed by atoms with Crippen LogP contribution in [0.4, 0.5) is 0 Å². The van der Waals surface area contributed by atoms with Gasteiger partial charge in [0.25, 0.3) is 0 Å². The second-order valence-corrected chi connectivity index (χ2v) is 24.6. The monoisotopic (exact) mass is 680 g/mol. The molecule has 2 heterocycles. The molecule has 5 unspecified atom stereocenters. The standard InChI is InChI=1S/C44H62N2P2/c1-38(2,3)40-17-30-15-31(18-40)22-42(21-30,28-40)48(43-23-32-16-33(24-43)20-41(19-32,29-43)39(4,5)6)27-34-9-7-8-10-37(34)44(47,35-11-13-45-25-35)36-12-14-46-26-36/h7-14,25-26,30-33,45-46H,15-24,27-29,47H2,1-6H3. The first-order chi connectivity index (χ1) is 22.7. The van der Waals surface area contributed by atoms with Crippen LogP contribution in [0.3, 0.4) is 0 Å². The molecule has 8 aliphatic rings. The van der Waals surface area contributed by atoms with Gasteiger partial charge in [0.15, 0.2) is 0 Å². The summed E-state index contributed by atoms with van der Waals surface area (Å²) in [4.78, 5) is 6.84. The first-order valence-corrected chi connectivity index (χ1v) is 21.7. The van der Waals surface area contributed by atoms with Crippen LogP contribution in [0.1, 0.15) is 141 Å². The van der Waals surface area contributed by atoms with E-state index in [0.29, 0.717) is 32.0 Å². The van der Waals surface area contributed by atoms with Crippen molar-refractivity contribution in [3.63, 3.8) is 0 Å². The minimum absolute atomic E-state index is 0.246. The Morgan fingerprint density at radius 1 is 0.646 bits per heavy atom. The Labute approximate surface area is 295 Å². The molecular formula is C44H62N2P2. The molecule has 8 saturated carbocycles. The van der Waals surface area contributed by atoms with Crippen molar-refractivity contribution in [1.29, 1.82) is 0 Å². The summed E-state index contributed by atoms with van der Waals surface area (Å²) in [6.45, 7) is 15.8. The van der Waals surface area contributed by atoms with Gasteiger partial charge in [-0.3, -0.25) is 0 Å². The van der Waals surface area contributed by atoms with Gasteiger partial charge in [-0.05, 0) is 173 Å². The number of aromatic amines is 2. The van der Waals surface area contributed by atoms with E-state index in [-0.39, 0.29) is 13.1 Å². The molecule has 8 bridgehead atoms. The van der Waals surface area contributed by atoms with Gasteiger partial charge < -0.3 is 9.97 Å². The van der Waals surface area contributed by atoms with Gasteiger partial charge in [-0.25, -0.2) is 0 Å². The van der Waals surface area contributed by atoms with Crippen LogP contribution in [0.25, 0.3) is 0 Å². The lowest BCUT2D eigenvalue weighted by Crippen LogP contribution is -2.63. The summed E-state index contributed by atoms with van der Waals surface area (Å²) < 4.78 is 0. The number of hydrogen-bond donors (Lipinski definition) is 2. The lowest BCUT2D eigenvalue weighted by Gasteiger charge is -2.74. The normalized spacial score (nSPS) is 39.3. The van der Waals surface area contributed by atoms with Gasteiger partial charge in [0.05, 0.1) is 5.16 Å². The fourth-order valence-electron chi connectivity index (χ4n) is 14.5. The highest BCUT2D eigenvalue weighted by molar-refractivity contribution is 7.60. The Morgan fingerprint density at radius 3 is 1.48 bits per heavy atom. The van der Waals surface area contributed by atoms with E-state index in [1.165, 1.54) is 99.9 Å². The van der Waals surface area contributed by atoms with Crippen LogP contribution in [0.5, 0.6) is 0 Å². The fourth-order valence-corrected chi connectivity index (χ4v) is 20.3. The molecule has 11 rings (SSSR count). The summed E-state index contributed by atoms with van der Waals surface area (Å²) >= 11 is 0. The van der Waals surface area contributed by atoms with Crippen molar-refractivity contribution in [3.05, 3.63) is 83.4 Å². The molecule has 3 aromatic rings. The molecule has 0 spiro atoms. The Hall–Kier alpha value is -1.36. The van der Waals surface area contributed by atoms with E-state index >= 15 is 0 Å². The van der Waals surface area contributed by atoms with E-state index in [1.807, 2.05) is 0 Å². The van der Waals surface area contributed by atoms with Crippen LogP contribution >= 0.6 is 17.2 Å². The summed E-state index contributed by atoms with van der Waals surface area (Å²) in [6.07, 6.45) is 28.3. The smallest absolute Gasteiger partial charge is 0.0623 e. The molecule has 48 heavy (non-hydrogen) atoms. The van der Waals surface area contributed by atoms with Gasteiger partial charge in [-0.15, -0.1) is 9.24 Å². The van der Waals surface area contributed by atoms with Crippen molar-refractivity contribution in [2.24, 2.45) is 45.3 Å². The molecule has 2 N–H and O–H groups in total. The maximum Gasteiger partial charge on any atom is 0.0623 e. The van der Waals surface area contributed by atoms with E-state index in [9.17, 15) is 0 Å². The molecule has 8 aliphatic carbocycles. The molecule has 0 radical (unpaired) electrons. The van der Waals surface area contributed by atoms with Crippen molar-refractivity contribution >= 4 is 17.2 Å². The second-order valence-electron chi connectivity index (χ2n) is 20.7. The van der Waals surface area contributed by atoms with E-state index in [4.69, 9.17) is 0 Å². The lowest BCUT2D eigenvalue weighted by molar-refractivity contribution is -0.113. The first-order valence-electron chi connectivity index (χ1n) is 19.6. The predicted molar refractivity (Wildman–Crippen MR) is 207 cm³/mol. The van der Waals surface area contributed by atoms with Gasteiger partial charge in [-0.2, -0.15) is 0 Å². The second kappa shape index (κ2) is 10.6. The number of nitrogens with one attached hydrogen (secondary N) is 2. The zero-order valence-electron chi connectivity index (χ0n) is 30.8. The van der Waals surface area contributed by atoms with Crippen molar-refractivity contribution in [2.75, 3.05) is 0 Å². The van der Waals surface area contributed by atoms with Crippen molar-refractivity contribution in [2.45, 2.75) is 140 Å². The van der Waals surface area contributed by atoms with Crippen molar-refractivity contribution < 1.29 is 0 Å². The molecule has 8 fully saturated rings. The summed E-state index contributed by atoms with van der Waals surface area (Å²) in [7, 11) is 3.13. The number of rotatable bonds is 7. The molecule has 5 atom stereocenters. The molecular weight excluding hydrogens is 618 g/mol. The Morgan fingerprint density at radius 2 is 1.08 bits per heavy atom. The zero-order valence-corrected chi connectivity index (χ0v) is 32.8. The molecule has 2 nitrogen and oxygen atoms in total. The van der Waals surface area contributed by atoms with Gasteiger partial charge >= 0.3 is 0 Å². The third kappa shape index (κ3) is 4.62. The minimum Gasteiger partial charge on any atom is -0.367 e. The topological polar surface area (TPSA) is 31.6 Å². The number of H-pyrrole nitrogens is 2. The number of aromatic nitrogens is 2. The van der Waals surface area contributed by atoms with Gasteiger partial charge in [0.2, 0.25) is 0 Å². The average molecular weight is 681 g/mol. The summed E-state index contributed by atoms with van der Waals surface area (Å²) in [5.41, 5.74) is 7.67. The zero-order chi connectivity index (χ0) is 33.4. The summed E-state index contributed by atoms with van der Waals surface area (Å²) in [5.74, 6) is 3.82. The van der Waals surface area contributed by atoms with Crippen LogP contribution in [0.15, 0.2) is 61.2 Å². The minimum atomic E-state index is -0.278. The van der Waals surface area contributed by atoms with E-state index < -0.39 is 0 Å². The van der Waals surface area contributed by atoms with Crippen molar-refractivity contribution in [1.82, 2.24) is 9.97 Å². The Bertz CT molecular complexity index is 1530. The Kier molecular flexibility index (Phi) is 7.18. The maximum atomic E-state index is 3.42. The third-order valence-corrected chi connectivity index (χ3v) is 21.2. The SMILES string of the molecule is CC(C)(C)C12CC3CC(CC(P(Cc4ccccc4C(P)(c4cc[nH]c4)c4cc[nH]c4)C45CC6CC(C4)CC(C(C)(C)C)(C6)C5)(C3)C1)C2. The van der Waals surface area contributed by atoms with Gasteiger partial charge in [0.1, 0.15) is 0 Å². The molecule has 4 heteroatoms. The molecule has 0 saturated heterocycles. The van der Waals surface area contributed by atoms with Crippen LogP contribution in [0, 0.1) is 45.3 Å². The highest BCUT2D eigenvalue weighted by atomic mass is 31.1. The third-order valence-electron chi connectivity index (χ3n) is 16.3. The van der Waals surface area contributed by atoms with Crippen LogP contribution in [0.2, 0.25) is 0 Å².